The van der Waals surface area contributed by atoms with Crippen LogP contribution in [0.25, 0.3) is 0 Å². The van der Waals surface area contributed by atoms with E-state index < -0.39 is 0 Å². The molecule has 0 saturated carbocycles. The second kappa shape index (κ2) is 5.10. The van der Waals surface area contributed by atoms with Crippen LogP contribution in [0, 0.1) is 0 Å². The summed E-state index contributed by atoms with van der Waals surface area (Å²) in [5.74, 6) is 0.778. The third kappa shape index (κ3) is 3.14. The fourth-order valence-electron chi connectivity index (χ4n) is 1.39. The SMILES string of the molecule is Oc1ccc(COc2cccc(Br)c2)c(O)c1. The van der Waals surface area contributed by atoms with Crippen molar-refractivity contribution < 1.29 is 14.9 Å². The number of phenolic OH excluding ortho intramolecular Hbond substituents is 2. The minimum absolute atomic E-state index is 0.0278. The lowest BCUT2D eigenvalue weighted by molar-refractivity contribution is 0.298. The van der Waals surface area contributed by atoms with Gasteiger partial charge in [0.25, 0.3) is 0 Å². The predicted molar refractivity (Wildman–Crippen MR) is 68.2 cm³/mol. The van der Waals surface area contributed by atoms with Crippen LogP contribution in [0.2, 0.25) is 0 Å². The minimum atomic E-state index is 0.0278. The first-order chi connectivity index (χ1) is 8.15. The van der Waals surface area contributed by atoms with E-state index in [-0.39, 0.29) is 18.1 Å². The molecule has 0 fully saturated rings. The van der Waals surface area contributed by atoms with Crippen LogP contribution in [-0.2, 0) is 6.61 Å². The number of rotatable bonds is 3. The van der Waals surface area contributed by atoms with Gasteiger partial charge in [0.15, 0.2) is 0 Å². The van der Waals surface area contributed by atoms with Gasteiger partial charge >= 0.3 is 0 Å². The van der Waals surface area contributed by atoms with Gasteiger partial charge in [-0.25, -0.2) is 0 Å². The molecule has 0 radical (unpaired) electrons. The molecule has 0 spiro atoms. The molecule has 0 unspecified atom stereocenters. The van der Waals surface area contributed by atoms with E-state index in [0.29, 0.717) is 11.3 Å². The Bertz CT molecular complexity index is 526. The summed E-state index contributed by atoms with van der Waals surface area (Å²) in [5, 5.41) is 18.7. The van der Waals surface area contributed by atoms with Crippen LogP contribution in [-0.4, -0.2) is 10.2 Å². The zero-order chi connectivity index (χ0) is 12.3. The zero-order valence-electron chi connectivity index (χ0n) is 8.93. The molecule has 0 aliphatic heterocycles. The highest BCUT2D eigenvalue weighted by Crippen LogP contribution is 2.25. The predicted octanol–water partition coefficient (Wildman–Crippen LogP) is 3.44. The summed E-state index contributed by atoms with van der Waals surface area (Å²) in [4.78, 5) is 0. The molecule has 2 aromatic rings. The highest BCUT2D eigenvalue weighted by molar-refractivity contribution is 9.10. The Morgan fingerprint density at radius 1 is 1.06 bits per heavy atom. The molecule has 2 N–H and O–H groups in total. The molecule has 2 rings (SSSR count). The standard InChI is InChI=1S/C13H11BrO3/c14-10-2-1-3-12(6-10)17-8-9-4-5-11(15)7-13(9)16/h1-7,15-16H,8H2. The van der Waals surface area contributed by atoms with Crippen molar-refractivity contribution in [2.75, 3.05) is 0 Å². The first kappa shape index (κ1) is 11.8. The number of halogens is 1. The van der Waals surface area contributed by atoms with E-state index in [0.717, 1.165) is 4.47 Å². The van der Waals surface area contributed by atoms with Gasteiger partial charge in [0.1, 0.15) is 23.9 Å². The van der Waals surface area contributed by atoms with Crippen LogP contribution < -0.4 is 4.74 Å². The Kier molecular flexibility index (Phi) is 3.54. The number of hydrogen-bond acceptors (Lipinski definition) is 3. The van der Waals surface area contributed by atoms with Gasteiger partial charge in [-0.15, -0.1) is 0 Å². The van der Waals surface area contributed by atoms with Gasteiger partial charge < -0.3 is 14.9 Å². The summed E-state index contributed by atoms with van der Waals surface area (Å²) in [6, 6.07) is 11.9. The van der Waals surface area contributed by atoms with E-state index in [1.807, 2.05) is 24.3 Å². The van der Waals surface area contributed by atoms with Gasteiger partial charge in [-0.3, -0.25) is 0 Å². The molecular formula is C13H11BrO3. The number of ether oxygens (including phenoxy) is 1. The van der Waals surface area contributed by atoms with Gasteiger partial charge in [0, 0.05) is 16.1 Å². The molecule has 4 heteroatoms. The maximum Gasteiger partial charge on any atom is 0.125 e. The lowest BCUT2D eigenvalue weighted by Crippen LogP contribution is -1.95. The molecule has 3 nitrogen and oxygen atoms in total. The van der Waals surface area contributed by atoms with E-state index in [1.165, 1.54) is 12.1 Å². The molecule has 0 aliphatic carbocycles. The summed E-state index contributed by atoms with van der Waals surface area (Å²) < 4.78 is 6.46. The monoisotopic (exact) mass is 294 g/mol. The van der Waals surface area contributed by atoms with Crippen molar-refractivity contribution in [1.29, 1.82) is 0 Å². The molecule has 88 valence electrons. The average molecular weight is 295 g/mol. The highest BCUT2D eigenvalue weighted by atomic mass is 79.9. The maximum absolute atomic E-state index is 9.57. The van der Waals surface area contributed by atoms with Gasteiger partial charge in [0.05, 0.1) is 0 Å². The first-order valence-electron chi connectivity index (χ1n) is 5.04. The first-order valence-corrected chi connectivity index (χ1v) is 5.83. The van der Waals surface area contributed by atoms with E-state index in [2.05, 4.69) is 15.9 Å². The highest BCUT2D eigenvalue weighted by Gasteiger charge is 2.03. The number of aromatic hydroxyl groups is 2. The van der Waals surface area contributed by atoms with E-state index in [1.54, 1.807) is 6.07 Å². The Balaban J connectivity index is 2.07. The largest absolute Gasteiger partial charge is 0.508 e. The van der Waals surface area contributed by atoms with Crippen LogP contribution in [0.4, 0.5) is 0 Å². The van der Waals surface area contributed by atoms with Crippen molar-refractivity contribution in [2.45, 2.75) is 6.61 Å². The van der Waals surface area contributed by atoms with Crippen molar-refractivity contribution in [3.8, 4) is 17.2 Å². The zero-order valence-corrected chi connectivity index (χ0v) is 10.5. The normalized spacial score (nSPS) is 10.2. The summed E-state index contributed by atoms with van der Waals surface area (Å²) >= 11 is 3.35. The third-order valence-corrected chi connectivity index (χ3v) is 2.75. The lowest BCUT2D eigenvalue weighted by Gasteiger charge is -2.08. The van der Waals surface area contributed by atoms with Gasteiger partial charge in [-0.1, -0.05) is 22.0 Å². The Labute approximate surface area is 107 Å². The lowest BCUT2D eigenvalue weighted by atomic mass is 10.2. The molecule has 0 saturated heterocycles. The maximum atomic E-state index is 9.57. The fraction of sp³-hybridized carbons (Fsp3) is 0.0769. The van der Waals surface area contributed by atoms with Crippen molar-refractivity contribution in [3.05, 3.63) is 52.5 Å². The molecule has 0 bridgehead atoms. The summed E-state index contributed by atoms with van der Waals surface area (Å²) in [6.07, 6.45) is 0. The second-order valence-electron chi connectivity index (χ2n) is 3.56. The minimum Gasteiger partial charge on any atom is -0.508 e. The van der Waals surface area contributed by atoms with Gasteiger partial charge in [0.2, 0.25) is 0 Å². The Morgan fingerprint density at radius 2 is 1.88 bits per heavy atom. The van der Waals surface area contributed by atoms with Crippen LogP contribution >= 0.6 is 15.9 Å². The van der Waals surface area contributed by atoms with Gasteiger partial charge in [-0.2, -0.15) is 0 Å². The molecule has 0 aromatic heterocycles. The Morgan fingerprint density at radius 3 is 2.59 bits per heavy atom. The summed E-state index contributed by atoms with van der Waals surface area (Å²) in [5.41, 5.74) is 0.628. The van der Waals surface area contributed by atoms with Crippen LogP contribution in [0.1, 0.15) is 5.56 Å². The average Bonchev–Trinajstić information content (AvgIpc) is 2.28. The van der Waals surface area contributed by atoms with E-state index >= 15 is 0 Å². The summed E-state index contributed by atoms with van der Waals surface area (Å²) in [6.45, 7) is 0.253. The van der Waals surface area contributed by atoms with Crippen molar-refractivity contribution in [1.82, 2.24) is 0 Å². The number of phenols is 2. The molecule has 0 aliphatic rings. The van der Waals surface area contributed by atoms with E-state index in [9.17, 15) is 5.11 Å². The van der Waals surface area contributed by atoms with Gasteiger partial charge in [-0.05, 0) is 30.3 Å². The van der Waals surface area contributed by atoms with Crippen LogP contribution in [0.5, 0.6) is 17.2 Å². The Hall–Kier alpha value is -1.68. The summed E-state index contributed by atoms with van der Waals surface area (Å²) in [7, 11) is 0. The van der Waals surface area contributed by atoms with Crippen LogP contribution in [0.15, 0.2) is 46.9 Å². The molecule has 0 heterocycles. The second-order valence-corrected chi connectivity index (χ2v) is 4.47. The van der Waals surface area contributed by atoms with Crippen LogP contribution in [0.3, 0.4) is 0 Å². The van der Waals surface area contributed by atoms with Crippen molar-refractivity contribution >= 4 is 15.9 Å². The number of hydrogen-bond donors (Lipinski definition) is 2. The fourth-order valence-corrected chi connectivity index (χ4v) is 1.77. The molecule has 17 heavy (non-hydrogen) atoms. The smallest absolute Gasteiger partial charge is 0.125 e. The van der Waals surface area contributed by atoms with Crippen molar-refractivity contribution in [3.63, 3.8) is 0 Å². The molecule has 0 amide bonds. The number of benzene rings is 2. The van der Waals surface area contributed by atoms with E-state index in [4.69, 9.17) is 9.84 Å². The quantitative estimate of drug-likeness (QED) is 0.912. The molecule has 0 atom stereocenters. The molecular weight excluding hydrogens is 284 g/mol. The topological polar surface area (TPSA) is 49.7 Å². The van der Waals surface area contributed by atoms with Crippen molar-refractivity contribution in [2.24, 2.45) is 0 Å². The third-order valence-electron chi connectivity index (χ3n) is 2.26. The molecule has 2 aromatic carbocycles.